The van der Waals surface area contributed by atoms with E-state index in [1.54, 1.807) is 19.2 Å². The Morgan fingerprint density at radius 2 is 1.89 bits per heavy atom. The number of nitrogens with one attached hydrogen (secondary N) is 1. The Hall–Kier alpha value is -0.320. The van der Waals surface area contributed by atoms with Crippen LogP contribution in [0.5, 0.6) is 0 Å². The molecule has 5 heteroatoms. The lowest BCUT2D eigenvalue weighted by Gasteiger charge is -2.36. The van der Waals surface area contributed by atoms with Crippen LogP contribution in [0, 0.1) is 5.41 Å². The average molecular weight is 291 g/mol. The van der Waals surface area contributed by atoms with Gasteiger partial charge in [-0.25, -0.2) is 0 Å². The molecule has 0 aromatic heterocycles. The lowest BCUT2D eigenvalue weighted by atomic mass is 9.82. The summed E-state index contributed by atoms with van der Waals surface area (Å²) in [6, 6.07) is 5.10. The number of ether oxygens (including phenoxy) is 1. The van der Waals surface area contributed by atoms with Crippen LogP contribution in [-0.2, 0) is 4.74 Å². The third-order valence-corrected chi connectivity index (χ3v) is 3.46. The van der Waals surface area contributed by atoms with Crippen LogP contribution < -0.4 is 11.3 Å². The zero-order valence-corrected chi connectivity index (χ0v) is 12.6. The smallest absolute Gasteiger partial charge is 0.0827 e. The molecule has 0 bridgehead atoms. The van der Waals surface area contributed by atoms with E-state index in [2.05, 4.69) is 26.2 Å². The molecule has 0 heterocycles. The monoisotopic (exact) mass is 290 g/mol. The molecule has 0 saturated heterocycles. The first kappa shape index (κ1) is 15.7. The number of hydrogen-bond acceptors (Lipinski definition) is 3. The molecule has 0 radical (unpaired) electrons. The Morgan fingerprint density at radius 3 is 2.33 bits per heavy atom. The zero-order chi connectivity index (χ0) is 13.9. The van der Waals surface area contributed by atoms with E-state index < -0.39 is 0 Å². The van der Waals surface area contributed by atoms with Gasteiger partial charge < -0.3 is 4.74 Å². The lowest BCUT2D eigenvalue weighted by molar-refractivity contribution is -0.0120. The van der Waals surface area contributed by atoms with Crippen molar-refractivity contribution in [2.45, 2.75) is 32.9 Å². The maximum atomic E-state index is 6.21. The molecular weight excluding hydrogens is 271 g/mol. The van der Waals surface area contributed by atoms with Gasteiger partial charge in [-0.2, -0.15) is 0 Å². The van der Waals surface area contributed by atoms with Gasteiger partial charge in [-0.05, 0) is 29.2 Å². The van der Waals surface area contributed by atoms with Crippen molar-refractivity contribution in [3.63, 3.8) is 0 Å². The molecule has 2 unspecified atom stereocenters. The topological polar surface area (TPSA) is 47.3 Å². The molecule has 0 fully saturated rings. The highest BCUT2D eigenvalue weighted by molar-refractivity contribution is 6.33. The van der Waals surface area contributed by atoms with Crippen molar-refractivity contribution < 1.29 is 4.74 Å². The van der Waals surface area contributed by atoms with Gasteiger partial charge in [-0.3, -0.25) is 11.3 Å². The fraction of sp³-hybridized carbons (Fsp3) is 0.538. The molecule has 0 aliphatic rings. The summed E-state index contributed by atoms with van der Waals surface area (Å²) in [5.74, 6) is 5.67. The molecule has 0 amide bonds. The predicted molar refractivity (Wildman–Crippen MR) is 76.8 cm³/mol. The van der Waals surface area contributed by atoms with Crippen LogP contribution in [0.4, 0.5) is 0 Å². The van der Waals surface area contributed by atoms with E-state index in [4.69, 9.17) is 33.8 Å². The number of methoxy groups -OCH3 is 1. The number of rotatable bonds is 4. The van der Waals surface area contributed by atoms with Crippen molar-refractivity contribution in [2.24, 2.45) is 11.3 Å². The number of hydrazine groups is 1. The van der Waals surface area contributed by atoms with E-state index >= 15 is 0 Å². The number of benzene rings is 1. The summed E-state index contributed by atoms with van der Waals surface area (Å²) >= 11 is 12.2. The van der Waals surface area contributed by atoms with Gasteiger partial charge in [0.1, 0.15) is 0 Å². The zero-order valence-electron chi connectivity index (χ0n) is 11.1. The minimum atomic E-state index is -0.221. The molecule has 0 saturated carbocycles. The largest absolute Gasteiger partial charge is 0.379 e. The summed E-state index contributed by atoms with van der Waals surface area (Å²) in [7, 11) is 1.67. The first-order chi connectivity index (χ1) is 8.31. The molecule has 3 nitrogen and oxygen atoms in total. The van der Waals surface area contributed by atoms with Crippen LogP contribution in [0.3, 0.4) is 0 Å². The molecule has 1 rings (SSSR count). The highest BCUT2D eigenvalue weighted by atomic mass is 35.5. The first-order valence-corrected chi connectivity index (χ1v) is 6.50. The quantitative estimate of drug-likeness (QED) is 0.658. The summed E-state index contributed by atoms with van der Waals surface area (Å²) in [5, 5.41) is 1.24. The molecule has 1 aromatic carbocycles. The first-order valence-electron chi connectivity index (χ1n) is 5.75. The Balaban J connectivity index is 3.19. The standard InChI is InChI=1S/C13H20Cl2N2O/c1-13(2,3)12(18-4)11(17-16)9-7-8(14)5-6-10(9)15/h5-7,11-12,17H,16H2,1-4H3. The van der Waals surface area contributed by atoms with Crippen molar-refractivity contribution in [2.75, 3.05) is 7.11 Å². The molecule has 18 heavy (non-hydrogen) atoms. The van der Waals surface area contributed by atoms with Gasteiger partial charge in [0.2, 0.25) is 0 Å². The third-order valence-electron chi connectivity index (χ3n) is 2.88. The summed E-state index contributed by atoms with van der Waals surface area (Å²) in [5.41, 5.74) is 3.53. The van der Waals surface area contributed by atoms with Gasteiger partial charge in [0.15, 0.2) is 0 Å². The SMILES string of the molecule is COC(C(NN)c1cc(Cl)ccc1Cl)C(C)(C)C. The van der Waals surface area contributed by atoms with Gasteiger partial charge >= 0.3 is 0 Å². The molecule has 0 spiro atoms. The van der Waals surface area contributed by atoms with Crippen LogP contribution in [0.15, 0.2) is 18.2 Å². The van der Waals surface area contributed by atoms with E-state index in [1.165, 1.54) is 0 Å². The number of hydrogen-bond donors (Lipinski definition) is 2. The molecular formula is C13H20Cl2N2O. The van der Waals surface area contributed by atoms with Crippen LogP contribution >= 0.6 is 23.2 Å². The summed E-state index contributed by atoms with van der Waals surface area (Å²) in [6.45, 7) is 6.26. The molecule has 1 aromatic rings. The van der Waals surface area contributed by atoms with E-state index in [0.717, 1.165) is 5.56 Å². The molecule has 102 valence electrons. The highest BCUT2D eigenvalue weighted by Crippen LogP contribution is 2.35. The normalized spacial score (nSPS) is 15.5. The van der Waals surface area contributed by atoms with Crippen LogP contribution in [-0.4, -0.2) is 13.2 Å². The number of nitrogens with two attached hydrogens (primary N) is 1. The van der Waals surface area contributed by atoms with Crippen LogP contribution in [0.2, 0.25) is 10.0 Å². The maximum Gasteiger partial charge on any atom is 0.0827 e. The summed E-state index contributed by atoms with van der Waals surface area (Å²) < 4.78 is 5.57. The Labute approximate surface area is 119 Å². The predicted octanol–water partition coefficient (Wildman–Crippen LogP) is 3.56. The van der Waals surface area contributed by atoms with E-state index in [0.29, 0.717) is 10.0 Å². The van der Waals surface area contributed by atoms with Crippen molar-refractivity contribution >= 4 is 23.2 Å². The molecule has 2 atom stereocenters. The summed E-state index contributed by atoms with van der Waals surface area (Å²) in [6.07, 6.45) is -0.126. The second-order valence-corrected chi connectivity index (χ2v) is 6.18. The second kappa shape index (κ2) is 6.22. The average Bonchev–Trinajstić information content (AvgIpc) is 2.27. The van der Waals surface area contributed by atoms with E-state index in [9.17, 15) is 0 Å². The van der Waals surface area contributed by atoms with Gasteiger partial charge in [0, 0.05) is 17.2 Å². The lowest BCUT2D eigenvalue weighted by Crippen LogP contribution is -2.44. The number of halogens is 2. The molecule has 3 N–H and O–H groups in total. The van der Waals surface area contributed by atoms with Crippen LogP contribution in [0.25, 0.3) is 0 Å². The Kier molecular flexibility index (Phi) is 5.44. The highest BCUT2D eigenvalue weighted by Gasteiger charge is 2.33. The van der Waals surface area contributed by atoms with Crippen molar-refractivity contribution in [3.05, 3.63) is 33.8 Å². The second-order valence-electron chi connectivity index (χ2n) is 5.33. The van der Waals surface area contributed by atoms with Crippen molar-refractivity contribution in [3.8, 4) is 0 Å². The fourth-order valence-electron chi connectivity index (χ4n) is 2.08. The van der Waals surface area contributed by atoms with E-state index in [1.807, 2.05) is 6.07 Å². The minimum absolute atomic E-state index is 0.0859. The molecule has 0 aliphatic carbocycles. The maximum absolute atomic E-state index is 6.21. The van der Waals surface area contributed by atoms with Crippen molar-refractivity contribution in [1.82, 2.24) is 5.43 Å². The van der Waals surface area contributed by atoms with Crippen molar-refractivity contribution in [1.29, 1.82) is 0 Å². The van der Waals surface area contributed by atoms with Gasteiger partial charge in [-0.15, -0.1) is 0 Å². The van der Waals surface area contributed by atoms with Crippen LogP contribution in [0.1, 0.15) is 32.4 Å². The fourth-order valence-corrected chi connectivity index (χ4v) is 2.50. The van der Waals surface area contributed by atoms with Gasteiger partial charge in [-0.1, -0.05) is 44.0 Å². The molecule has 0 aliphatic heterocycles. The minimum Gasteiger partial charge on any atom is -0.379 e. The van der Waals surface area contributed by atoms with E-state index in [-0.39, 0.29) is 17.6 Å². The van der Waals surface area contributed by atoms with Gasteiger partial charge in [0.25, 0.3) is 0 Å². The summed E-state index contributed by atoms with van der Waals surface area (Å²) in [4.78, 5) is 0. The Bertz CT molecular complexity index is 404. The third kappa shape index (κ3) is 3.59. The van der Waals surface area contributed by atoms with Gasteiger partial charge in [0.05, 0.1) is 12.1 Å². The Morgan fingerprint density at radius 1 is 1.28 bits per heavy atom.